The number of methoxy groups -OCH3 is 1. The van der Waals surface area contributed by atoms with Crippen molar-refractivity contribution in [1.82, 2.24) is 4.72 Å². The lowest BCUT2D eigenvalue weighted by atomic mass is 10.1. The van der Waals surface area contributed by atoms with Gasteiger partial charge in [-0.3, -0.25) is 4.79 Å². The lowest BCUT2D eigenvalue weighted by Gasteiger charge is -2.10. The van der Waals surface area contributed by atoms with E-state index in [1.54, 1.807) is 0 Å². The highest BCUT2D eigenvalue weighted by molar-refractivity contribution is 7.88. The Kier molecular flexibility index (Phi) is 5.23. The fourth-order valence-electron chi connectivity index (χ4n) is 1.49. The molecule has 0 aliphatic carbocycles. The first kappa shape index (κ1) is 16.1. The SMILES string of the molecule is COC(=O)c1cccc(CS(=O)(=O)NC(C)C(=O)O)c1. The molecule has 2 N–H and O–H groups in total. The monoisotopic (exact) mass is 301 g/mol. The number of aliphatic carboxylic acids is 1. The normalized spacial score (nSPS) is 12.7. The number of carbonyl (C=O) groups is 2. The molecule has 0 aromatic heterocycles. The number of carbonyl (C=O) groups excluding carboxylic acids is 1. The van der Waals surface area contributed by atoms with E-state index < -0.39 is 33.8 Å². The molecule has 0 saturated carbocycles. The summed E-state index contributed by atoms with van der Waals surface area (Å²) >= 11 is 0. The highest BCUT2D eigenvalue weighted by atomic mass is 32.2. The molecular formula is C12H15NO6S. The van der Waals surface area contributed by atoms with Gasteiger partial charge in [0.05, 0.1) is 18.4 Å². The zero-order chi connectivity index (χ0) is 15.3. The van der Waals surface area contributed by atoms with Gasteiger partial charge in [-0.25, -0.2) is 17.9 Å². The molecule has 7 nitrogen and oxygen atoms in total. The largest absolute Gasteiger partial charge is 0.480 e. The van der Waals surface area contributed by atoms with E-state index in [4.69, 9.17) is 5.11 Å². The van der Waals surface area contributed by atoms with Crippen molar-refractivity contribution in [3.8, 4) is 0 Å². The zero-order valence-electron chi connectivity index (χ0n) is 11.0. The van der Waals surface area contributed by atoms with Crippen molar-refractivity contribution in [3.05, 3.63) is 35.4 Å². The van der Waals surface area contributed by atoms with E-state index >= 15 is 0 Å². The van der Waals surface area contributed by atoms with Crippen LogP contribution >= 0.6 is 0 Å². The Hall–Kier alpha value is -1.93. The van der Waals surface area contributed by atoms with Gasteiger partial charge < -0.3 is 9.84 Å². The molecule has 1 rings (SSSR count). The summed E-state index contributed by atoms with van der Waals surface area (Å²) in [6.07, 6.45) is 0. The highest BCUT2D eigenvalue weighted by Gasteiger charge is 2.20. The molecule has 0 fully saturated rings. The van der Waals surface area contributed by atoms with E-state index in [-0.39, 0.29) is 5.56 Å². The summed E-state index contributed by atoms with van der Waals surface area (Å²) < 4.78 is 30.1. The Morgan fingerprint density at radius 2 is 2.05 bits per heavy atom. The van der Waals surface area contributed by atoms with Crippen molar-refractivity contribution in [2.45, 2.75) is 18.7 Å². The average molecular weight is 301 g/mol. The maximum Gasteiger partial charge on any atom is 0.337 e. The van der Waals surface area contributed by atoms with E-state index in [2.05, 4.69) is 4.74 Å². The first-order chi connectivity index (χ1) is 9.25. The number of ether oxygens (including phenoxy) is 1. The second-order valence-corrected chi connectivity index (χ2v) is 5.88. The van der Waals surface area contributed by atoms with E-state index in [1.807, 2.05) is 4.72 Å². The first-order valence-corrected chi connectivity index (χ1v) is 7.30. The van der Waals surface area contributed by atoms with Gasteiger partial charge in [-0.2, -0.15) is 0 Å². The van der Waals surface area contributed by atoms with E-state index in [1.165, 1.54) is 38.3 Å². The Morgan fingerprint density at radius 3 is 2.60 bits per heavy atom. The summed E-state index contributed by atoms with van der Waals surface area (Å²) in [5.41, 5.74) is 0.587. The van der Waals surface area contributed by atoms with Crippen LogP contribution in [0.1, 0.15) is 22.8 Å². The number of esters is 1. The lowest BCUT2D eigenvalue weighted by Crippen LogP contribution is -2.38. The van der Waals surface area contributed by atoms with Gasteiger partial charge in [0.25, 0.3) is 0 Å². The van der Waals surface area contributed by atoms with Crippen LogP contribution < -0.4 is 4.72 Å². The van der Waals surface area contributed by atoms with E-state index in [0.29, 0.717) is 5.56 Å². The maximum absolute atomic E-state index is 11.8. The molecule has 0 heterocycles. The number of benzene rings is 1. The third-order valence-corrected chi connectivity index (χ3v) is 3.86. The fourth-order valence-corrected chi connectivity index (χ4v) is 2.83. The van der Waals surface area contributed by atoms with Crippen molar-refractivity contribution < 1.29 is 27.9 Å². The van der Waals surface area contributed by atoms with Crippen molar-refractivity contribution in [2.75, 3.05) is 7.11 Å². The van der Waals surface area contributed by atoms with Crippen LogP contribution in [-0.2, 0) is 25.3 Å². The maximum atomic E-state index is 11.8. The van der Waals surface area contributed by atoms with Crippen molar-refractivity contribution in [1.29, 1.82) is 0 Å². The van der Waals surface area contributed by atoms with Gasteiger partial charge in [0.1, 0.15) is 6.04 Å². The Bertz CT molecular complexity index is 610. The molecule has 0 spiro atoms. The Labute approximate surface area is 116 Å². The molecule has 0 bridgehead atoms. The van der Waals surface area contributed by atoms with Crippen LogP contribution in [0.15, 0.2) is 24.3 Å². The smallest absolute Gasteiger partial charge is 0.337 e. The van der Waals surface area contributed by atoms with Crippen LogP contribution in [0.2, 0.25) is 0 Å². The number of carboxylic acids is 1. The summed E-state index contributed by atoms with van der Waals surface area (Å²) in [6, 6.07) is 4.71. The molecule has 0 aliphatic heterocycles. The molecule has 0 saturated heterocycles. The molecule has 1 unspecified atom stereocenters. The topological polar surface area (TPSA) is 110 Å². The van der Waals surface area contributed by atoms with Crippen LogP contribution in [-0.4, -0.2) is 38.6 Å². The standard InChI is InChI=1S/C12H15NO6S/c1-8(11(14)15)13-20(17,18)7-9-4-3-5-10(6-9)12(16)19-2/h3-6,8,13H,7H2,1-2H3,(H,14,15). The second kappa shape index (κ2) is 6.49. The van der Waals surface area contributed by atoms with Gasteiger partial charge in [-0.05, 0) is 24.6 Å². The van der Waals surface area contributed by atoms with Crippen LogP contribution in [0, 0.1) is 0 Å². The van der Waals surface area contributed by atoms with Crippen LogP contribution in [0.4, 0.5) is 0 Å². The number of hydrogen-bond donors (Lipinski definition) is 2. The van der Waals surface area contributed by atoms with Gasteiger partial charge in [-0.15, -0.1) is 0 Å². The molecule has 20 heavy (non-hydrogen) atoms. The lowest BCUT2D eigenvalue weighted by molar-refractivity contribution is -0.138. The average Bonchev–Trinajstić information content (AvgIpc) is 2.36. The minimum Gasteiger partial charge on any atom is -0.480 e. The third-order valence-electron chi connectivity index (χ3n) is 2.43. The second-order valence-electron chi connectivity index (χ2n) is 4.13. The summed E-state index contributed by atoms with van der Waals surface area (Å²) in [5.74, 6) is -2.26. The predicted octanol–water partition coefficient (Wildman–Crippen LogP) is 0.366. The number of nitrogens with one attached hydrogen (secondary N) is 1. The number of sulfonamides is 1. The summed E-state index contributed by atoms with van der Waals surface area (Å²) in [6.45, 7) is 1.23. The molecule has 1 aromatic carbocycles. The van der Waals surface area contributed by atoms with Crippen molar-refractivity contribution in [3.63, 3.8) is 0 Å². The Balaban J connectivity index is 2.87. The summed E-state index contributed by atoms with van der Waals surface area (Å²) in [5, 5.41) is 8.67. The van der Waals surface area contributed by atoms with Crippen molar-refractivity contribution in [2.24, 2.45) is 0 Å². The molecular weight excluding hydrogens is 286 g/mol. The molecule has 1 aromatic rings. The van der Waals surface area contributed by atoms with Crippen LogP contribution in [0.3, 0.4) is 0 Å². The minimum atomic E-state index is -3.81. The van der Waals surface area contributed by atoms with Crippen LogP contribution in [0.25, 0.3) is 0 Å². The van der Waals surface area contributed by atoms with Gasteiger partial charge in [-0.1, -0.05) is 12.1 Å². The molecule has 8 heteroatoms. The predicted molar refractivity (Wildman–Crippen MR) is 70.6 cm³/mol. The first-order valence-electron chi connectivity index (χ1n) is 5.65. The molecule has 0 amide bonds. The third kappa shape index (κ3) is 4.63. The number of carboxylic acid groups (broad SMARTS) is 1. The van der Waals surface area contributed by atoms with Crippen LogP contribution in [0.5, 0.6) is 0 Å². The zero-order valence-corrected chi connectivity index (χ0v) is 11.8. The van der Waals surface area contributed by atoms with Gasteiger partial charge in [0, 0.05) is 0 Å². The molecule has 0 radical (unpaired) electrons. The van der Waals surface area contributed by atoms with Gasteiger partial charge in [0.15, 0.2) is 0 Å². The quantitative estimate of drug-likeness (QED) is 0.734. The molecule has 110 valence electrons. The molecule has 0 aliphatic rings. The van der Waals surface area contributed by atoms with Gasteiger partial charge >= 0.3 is 11.9 Å². The minimum absolute atomic E-state index is 0.228. The summed E-state index contributed by atoms with van der Waals surface area (Å²) in [4.78, 5) is 22.0. The van der Waals surface area contributed by atoms with Gasteiger partial charge in [0.2, 0.25) is 10.0 Å². The summed E-state index contributed by atoms with van der Waals surface area (Å²) in [7, 11) is -2.59. The number of hydrogen-bond acceptors (Lipinski definition) is 5. The molecule has 1 atom stereocenters. The Morgan fingerprint density at radius 1 is 1.40 bits per heavy atom. The fraction of sp³-hybridized carbons (Fsp3) is 0.333. The highest BCUT2D eigenvalue weighted by Crippen LogP contribution is 2.10. The van der Waals surface area contributed by atoms with E-state index in [9.17, 15) is 18.0 Å². The van der Waals surface area contributed by atoms with Crippen molar-refractivity contribution >= 4 is 22.0 Å². The number of rotatable bonds is 6. The van der Waals surface area contributed by atoms with E-state index in [0.717, 1.165) is 0 Å².